The Labute approximate surface area is 56.0 Å². The van der Waals surface area contributed by atoms with Crippen LogP contribution in [0.1, 0.15) is 20.8 Å². The fourth-order valence-electron chi connectivity index (χ4n) is 0.425. The van der Waals surface area contributed by atoms with Crippen molar-refractivity contribution < 1.29 is 0 Å². The van der Waals surface area contributed by atoms with E-state index in [1.807, 2.05) is 6.92 Å². The predicted octanol–water partition coefficient (Wildman–Crippen LogP) is 1.40. The molecule has 2 nitrogen and oxygen atoms in total. The van der Waals surface area contributed by atoms with Gasteiger partial charge in [0.1, 0.15) is 0 Å². The molecule has 0 saturated heterocycles. The molecule has 0 heterocycles. The minimum atomic E-state index is -0.505. The normalized spacial score (nSPS) is 12.9. The maximum atomic E-state index is 8.52. The van der Waals surface area contributed by atoms with Crippen LogP contribution in [-0.4, -0.2) is 0 Å². The number of hydrogen-bond donors (Lipinski definition) is 1. The van der Waals surface area contributed by atoms with Gasteiger partial charge in [-0.3, -0.25) is 0 Å². The van der Waals surface area contributed by atoms with Crippen molar-refractivity contribution in [1.82, 2.24) is 0 Å². The largest absolute Gasteiger partial charge is 0.401 e. The monoisotopic (exact) mass is 124 g/mol. The van der Waals surface area contributed by atoms with E-state index in [2.05, 4.69) is 6.07 Å². The first-order chi connectivity index (χ1) is 4.04. The molecule has 0 radical (unpaired) electrons. The number of allylic oxidation sites excluding steroid dienone is 2. The highest BCUT2D eigenvalue weighted by Crippen LogP contribution is 2.19. The Bertz CT molecular complexity index is 160. The van der Waals surface area contributed by atoms with Crippen molar-refractivity contribution in [2.45, 2.75) is 20.8 Å². The first kappa shape index (κ1) is 8.03. The van der Waals surface area contributed by atoms with Gasteiger partial charge in [0, 0.05) is 5.70 Å². The lowest BCUT2D eigenvalue weighted by Gasteiger charge is -2.14. The van der Waals surface area contributed by atoms with Crippen molar-refractivity contribution in [3.63, 3.8) is 0 Å². The first-order valence-electron chi connectivity index (χ1n) is 2.88. The zero-order chi connectivity index (χ0) is 7.49. The van der Waals surface area contributed by atoms with Gasteiger partial charge in [0.15, 0.2) is 0 Å². The van der Waals surface area contributed by atoms with Crippen LogP contribution in [0.15, 0.2) is 11.8 Å². The standard InChI is InChI=1S/C7H12N2/c1-4-6(9)7(2,3)5-8/h4H,9H2,1-3H3/b6-4-. The maximum Gasteiger partial charge on any atom is 0.0906 e. The van der Waals surface area contributed by atoms with Gasteiger partial charge < -0.3 is 5.73 Å². The number of rotatable bonds is 1. The summed E-state index contributed by atoms with van der Waals surface area (Å²) in [4.78, 5) is 0. The Kier molecular flexibility index (Phi) is 2.27. The third-order valence-corrected chi connectivity index (χ3v) is 1.31. The molecular formula is C7H12N2. The van der Waals surface area contributed by atoms with Crippen LogP contribution in [0.5, 0.6) is 0 Å². The molecule has 0 unspecified atom stereocenters. The molecule has 50 valence electrons. The maximum absolute atomic E-state index is 8.52. The van der Waals surface area contributed by atoms with E-state index in [1.165, 1.54) is 0 Å². The zero-order valence-corrected chi connectivity index (χ0v) is 6.10. The number of nitrogens with zero attached hydrogens (tertiary/aromatic N) is 1. The number of nitrogens with two attached hydrogens (primary N) is 1. The molecule has 0 atom stereocenters. The zero-order valence-electron chi connectivity index (χ0n) is 6.10. The second-order valence-electron chi connectivity index (χ2n) is 2.48. The topological polar surface area (TPSA) is 49.8 Å². The lowest BCUT2D eigenvalue weighted by Crippen LogP contribution is -2.18. The Morgan fingerprint density at radius 1 is 1.67 bits per heavy atom. The van der Waals surface area contributed by atoms with Gasteiger partial charge in [0.2, 0.25) is 0 Å². The van der Waals surface area contributed by atoms with Gasteiger partial charge >= 0.3 is 0 Å². The molecule has 0 amide bonds. The van der Waals surface area contributed by atoms with Crippen molar-refractivity contribution in [3.05, 3.63) is 11.8 Å². The van der Waals surface area contributed by atoms with Crippen LogP contribution < -0.4 is 5.73 Å². The average Bonchev–Trinajstić information content (AvgIpc) is 1.86. The smallest absolute Gasteiger partial charge is 0.0906 e. The number of hydrogen-bond acceptors (Lipinski definition) is 2. The van der Waals surface area contributed by atoms with Crippen LogP contribution in [-0.2, 0) is 0 Å². The summed E-state index contributed by atoms with van der Waals surface area (Å²) in [5.74, 6) is 0. The molecule has 2 N–H and O–H groups in total. The summed E-state index contributed by atoms with van der Waals surface area (Å²) in [6.45, 7) is 5.42. The van der Waals surface area contributed by atoms with E-state index >= 15 is 0 Å². The van der Waals surface area contributed by atoms with Crippen LogP contribution in [0, 0.1) is 16.7 Å². The Morgan fingerprint density at radius 2 is 2.11 bits per heavy atom. The van der Waals surface area contributed by atoms with Gasteiger partial charge in [0.25, 0.3) is 0 Å². The second-order valence-corrected chi connectivity index (χ2v) is 2.48. The van der Waals surface area contributed by atoms with Crippen LogP contribution in [0.3, 0.4) is 0 Å². The van der Waals surface area contributed by atoms with Crippen molar-refractivity contribution in [3.8, 4) is 6.07 Å². The van der Waals surface area contributed by atoms with Crippen molar-refractivity contribution in [1.29, 1.82) is 5.26 Å². The highest BCUT2D eigenvalue weighted by atomic mass is 14.6. The van der Waals surface area contributed by atoms with Crippen molar-refractivity contribution in [2.24, 2.45) is 11.1 Å². The molecule has 0 aromatic carbocycles. The first-order valence-corrected chi connectivity index (χ1v) is 2.88. The summed E-state index contributed by atoms with van der Waals surface area (Å²) in [5, 5.41) is 8.52. The molecule has 0 aliphatic carbocycles. The molecule has 0 rings (SSSR count). The van der Waals surface area contributed by atoms with E-state index < -0.39 is 5.41 Å². The summed E-state index contributed by atoms with van der Waals surface area (Å²) in [6, 6.07) is 2.10. The van der Waals surface area contributed by atoms with E-state index in [1.54, 1.807) is 19.9 Å². The molecule has 2 heteroatoms. The molecule has 9 heavy (non-hydrogen) atoms. The molecule has 0 bridgehead atoms. The fraction of sp³-hybridized carbons (Fsp3) is 0.571. The Morgan fingerprint density at radius 3 is 2.22 bits per heavy atom. The molecule has 0 aromatic heterocycles. The summed E-state index contributed by atoms with van der Waals surface area (Å²) < 4.78 is 0. The summed E-state index contributed by atoms with van der Waals surface area (Å²) in [5.41, 5.74) is 5.62. The van der Waals surface area contributed by atoms with E-state index in [0.717, 1.165) is 0 Å². The molecule has 0 aliphatic heterocycles. The van der Waals surface area contributed by atoms with Crippen LogP contribution in [0.25, 0.3) is 0 Å². The molecule has 0 saturated carbocycles. The third kappa shape index (κ3) is 1.77. The van der Waals surface area contributed by atoms with Gasteiger partial charge in [-0.05, 0) is 20.8 Å². The van der Waals surface area contributed by atoms with Crippen molar-refractivity contribution >= 4 is 0 Å². The molecule has 0 fully saturated rings. The summed E-state index contributed by atoms with van der Waals surface area (Å²) >= 11 is 0. The van der Waals surface area contributed by atoms with Crippen LogP contribution in [0.2, 0.25) is 0 Å². The minimum absolute atomic E-state index is 0.505. The second kappa shape index (κ2) is 2.54. The van der Waals surface area contributed by atoms with E-state index in [4.69, 9.17) is 11.0 Å². The Hall–Kier alpha value is -0.970. The lowest BCUT2D eigenvalue weighted by molar-refractivity contribution is 0.587. The molecule has 0 spiro atoms. The quantitative estimate of drug-likeness (QED) is 0.574. The van der Waals surface area contributed by atoms with Crippen LogP contribution >= 0.6 is 0 Å². The van der Waals surface area contributed by atoms with Gasteiger partial charge in [-0.25, -0.2) is 0 Å². The summed E-state index contributed by atoms with van der Waals surface area (Å²) in [7, 11) is 0. The fourth-order valence-corrected chi connectivity index (χ4v) is 0.425. The lowest BCUT2D eigenvalue weighted by atomic mass is 9.92. The minimum Gasteiger partial charge on any atom is -0.401 e. The summed E-state index contributed by atoms with van der Waals surface area (Å²) in [6.07, 6.45) is 1.75. The van der Waals surface area contributed by atoms with Gasteiger partial charge in [0.05, 0.1) is 11.5 Å². The van der Waals surface area contributed by atoms with Gasteiger partial charge in [-0.1, -0.05) is 6.08 Å². The Balaban J connectivity index is 4.39. The third-order valence-electron chi connectivity index (χ3n) is 1.31. The average molecular weight is 124 g/mol. The van der Waals surface area contributed by atoms with Crippen molar-refractivity contribution in [2.75, 3.05) is 0 Å². The van der Waals surface area contributed by atoms with E-state index in [-0.39, 0.29) is 0 Å². The number of nitriles is 1. The molecule has 0 aromatic rings. The van der Waals surface area contributed by atoms with E-state index in [9.17, 15) is 0 Å². The van der Waals surface area contributed by atoms with Gasteiger partial charge in [-0.2, -0.15) is 5.26 Å². The highest BCUT2D eigenvalue weighted by Gasteiger charge is 2.18. The van der Waals surface area contributed by atoms with Gasteiger partial charge in [-0.15, -0.1) is 0 Å². The molecular weight excluding hydrogens is 112 g/mol. The van der Waals surface area contributed by atoms with Crippen LogP contribution in [0.4, 0.5) is 0 Å². The SMILES string of the molecule is C/C=C(\N)C(C)(C)C#N. The van der Waals surface area contributed by atoms with E-state index in [0.29, 0.717) is 5.70 Å². The molecule has 0 aliphatic rings. The highest BCUT2D eigenvalue weighted by molar-refractivity contribution is 5.16. The predicted molar refractivity (Wildman–Crippen MR) is 37.3 cm³/mol.